The summed E-state index contributed by atoms with van der Waals surface area (Å²) in [5.41, 5.74) is 0.751. The maximum atomic E-state index is 12.1. The summed E-state index contributed by atoms with van der Waals surface area (Å²) >= 11 is 3.32. The van der Waals surface area contributed by atoms with Crippen LogP contribution in [0, 0.1) is 11.3 Å². The second-order valence-corrected chi connectivity index (χ2v) is 4.83. The van der Waals surface area contributed by atoms with E-state index in [-0.39, 0.29) is 11.7 Å². The van der Waals surface area contributed by atoms with E-state index in [2.05, 4.69) is 26.3 Å². The molecule has 0 unspecified atom stereocenters. The van der Waals surface area contributed by atoms with E-state index in [1.165, 1.54) is 4.68 Å². The number of carbonyl (C=O) groups is 1. The zero-order chi connectivity index (χ0) is 14.7. The first-order valence-electron chi connectivity index (χ1n) is 5.63. The lowest BCUT2D eigenvalue weighted by Gasteiger charge is -2.06. The van der Waals surface area contributed by atoms with Crippen molar-refractivity contribution in [1.29, 1.82) is 5.26 Å². The van der Waals surface area contributed by atoms with Crippen LogP contribution >= 0.6 is 15.9 Å². The van der Waals surface area contributed by atoms with Gasteiger partial charge in [0.05, 0.1) is 11.6 Å². The molecule has 6 nitrogen and oxygen atoms in total. The number of ether oxygens (including phenoxy) is 1. The molecule has 0 bridgehead atoms. The minimum Gasteiger partial charge on any atom is -0.496 e. The van der Waals surface area contributed by atoms with E-state index >= 15 is 0 Å². The van der Waals surface area contributed by atoms with Gasteiger partial charge in [-0.2, -0.15) is 10.4 Å². The van der Waals surface area contributed by atoms with Crippen molar-refractivity contribution in [1.82, 2.24) is 9.78 Å². The first-order valence-corrected chi connectivity index (χ1v) is 6.43. The molecule has 7 heteroatoms. The number of hydrogen-bond donors (Lipinski definition) is 1. The fourth-order valence-electron chi connectivity index (χ4n) is 1.65. The molecule has 0 saturated heterocycles. The number of benzene rings is 1. The summed E-state index contributed by atoms with van der Waals surface area (Å²) in [6.07, 6.45) is 1.54. The van der Waals surface area contributed by atoms with Crippen LogP contribution < -0.4 is 10.1 Å². The molecular weight excluding hydrogens is 324 g/mol. The highest BCUT2D eigenvalue weighted by atomic mass is 79.9. The summed E-state index contributed by atoms with van der Waals surface area (Å²) in [5, 5.41) is 15.6. The third-order valence-corrected chi connectivity index (χ3v) is 3.21. The van der Waals surface area contributed by atoms with Gasteiger partial charge in [0.15, 0.2) is 5.82 Å². The number of anilines is 1. The average molecular weight is 335 g/mol. The lowest BCUT2D eigenvalue weighted by molar-refractivity contribution is 0.102. The SMILES string of the molecule is COc1ccc(C(=O)Nc2nn(C)cc2C#N)cc1Br. The van der Waals surface area contributed by atoms with Crippen LogP contribution in [-0.4, -0.2) is 22.8 Å². The Morgan fingerprint density at radius 3 is 2.90 bits per heavy atom. The number of rotatable bonds is 3. The Bertz CT molecular complexity index is 703. The number of amides is 1. The van der Waals surface area contributed by atoms with Crippen molar-refractivity contribution >= 4 is 27.7 Å². The predicted molar refractivity (Wildman–Crippen MR) is 76.6 cm³/mol. The molecule has 2 rings (SSSR count). The highest BCUT2D eigenvalue weighted by molar-refractivity contribution is 9.10. The van der Waals surface area contributed by atoms with Gasteiger partial charge in [0.1, 0.15) is 17.4 Å². The maximum absolute atomic E-state index is 12.1. The van der Waals surface area contributed by atoms with Crippen molar-refractivity contribution in [2.24, 2.45) is 7.05 Å². The Morgan fingerprint density at radius 2 is 2.30 bits per heavy atom. The maximum Gasteiger partial charge on any atom is 0.256 e. The summed E-state index contributed by atoms with van der Waals surface area (Å²) < 4.78 is 7.25. The highest BCUT2D eigenvalue weighted by Gasteiger charge is 2.13. The zero-order valence-corrected chi connectivity index (χ0v) is 12.4. The molecule has 1 amide bonds. The van der Waals surface area contributed by atoms with E-state index in [4.69, 9.17) is 10.00 Å². The van der Waals surface area contributed by atoms with Gasteiger partial charge < -0.3 is 10.1 Å². The quantitative estimate of drug-likeness (QED) is 0.933. The standard InChI is InChI=1S/C13H11BrN4O2/c1-18-7-9(6-15)12(17-18)16-13(19)8-3-4-11(20-2)10(14)5-8/h3-5,7H,1-2H3,(H,16,17,19). The molecule has 0 fully saturated rings. The third-order valence-electron chi connectivity index (χ3n) is 2.60. The average Bonchev–Trinajstić information content (AvgIpc) is 2.78. The van der Waals surface area contributed by atoms with Gasteiger partial charge in [0.25, 0.3) is 5.91 Å². The van der Waals surface area contributed by atoms with Crippen molar-refractivity contribution in [2.45, 2.75) is 0 Å². The van der Waals surface area contributed by atoms with Gasteiger partial charge in [-0.15, -0.1) is 0 Å². The minimum atomic E-state index is -0.344. The first-order chi connectivity index (χ1) is 9.55. The van der Waals surface area contributed by atoms with Gasteiger partial charge in [-0.05, 0) is 34.1 Å². The number of aryl methyl sites for hydroxylation is 1. The Hall–Kier alpha value is -2.33. The van der Waals surface area contributed by atoms with Crippen LogP contribution in [0.3, 0.4) is 0 Å². The molecule has 1 heterocycles. The number of halogens is 1. The first kappa shape index (κ1) is 14.1. The van der Waals surface area contributed by atoms with Gasteiger partial charge in [0, 0.05) is 18.8 Å². The van der Waals surface area contributed by atoms with Gasteiger partial charge >= 0.3 is 0 Å². The number of methoxy groups -OCH3 is 1. The van der Waals surface area contributed by atoms with E-state index in [1.54, 1.807) is 38.6 Å². The Kier molecular flexibility index (Phi) is 4.05. The molecular formula is C13H11BrN4O2. The monoisotopic (exact) mass is 334 g/mol. The zero-order valence-electron chi connectivity index (χ0n) is 10.8. The minimum absolute atomic E-state index is 0.243. The van der Waals surface area contributed by atoms with Crippen molar-refractivity contribution < 1.29 is 9.53 Å². The van der Waals surface area contributed by atoms with Crippen LogP contribution in [0.5, 0.6) is 5.75 Å². The molecule has 1 aromatic heterocycles. The fourth-order valence-corrected chi connectivity index (χ4v) is 2.19. The molecule has 2 aromatic rings. The van der Waals surface area contributed by atoms with E-state index in [0.717, 1.165) is 0 Å². The molecule has 102 valence electrons. The molecule has 0 radical (unpaired) electrons. The van der Waals surface area contributed by atoms with E-state index in [9.17, 15) is 4.79 Å². The number of carbonyl (C=O) groups excluding carboxylic acids is 1. The largest absolute Gasteiger partial charge is 0.496 e. The summed E-state index contributed by atoms with van der Waals surface area (Å²) in [6.45, 7) is 0. The number of nitrogens with one attached hydrogen (secondary N) is 1. The van der Waals surface area contributed by atoms with E-state index in [0.29, 0.717) is 21.3 Å². The summed E-state index contributed by atoms with van der Waals surface area (Å²) in [5.74, 6) is 0.535. The molecule has 1 N–H and O–H groups in total. The van der Waals surface area contributed by atoms with Crippen LogP contribution in [0.25, 0.3) is 0 Å². The molecule has 0 saturated carbocycles. The van der Waals surface area contributed by atoms with E-state index < -0.39 is 0 Å². The molecule has 20 heavy (non-hydrogen) atoms. The molecule has 0 aliphatic heterocycles. The summed E-state index contributed by atoms with van der Waals surface area (Å²) in [4.78, 5) is 12.1. The lowest BCUT2D eigenvalue weighted by Crippen LogP contribution is -2.13. The van der Waals surface area contributed by atoms with Crippen molar-refractivity contribution in [2.75, 3.05) is 12.4 Å². The van der Waals surface area contributed by atoms with Crippen molar-refractivity contribution in [3.63, 3.8) is 0 Å². The Balaban J connectivity index is 2.24. The van der Waals surface area contributed by atoms with Crippen LogP contribution in [0.15, 0.2) is 28.9 Å². The molecule has 0 aliphatic carbocycles. The van der Waals surface area contributed by atoms with Gasteiger partial charge in [0.2, 0.25) is 0 Å². The topological polar surface area (TPSA) is 79.9 Å². The highest BCUT2D eigenvalue weighted by Crippen LogP contribution is 2.26. The van der Waals surface area contributed by atoms with Gasteiger partial charge in [-0.3, -0.25) is 9.48 Å². The summed E-state index contributed by atoms with van der Waals surface area (Å²) in [7, 11) is 3.23. The van der Waals surface area contributed by atoms with Crippen molar-refractivity contribution in [3.8, 4) is 11.8 Å². The Morgan fingerprint density at radius 1 is 1.55 bits per heavy atom. The molecule has 0 atom stereocenters. The predicted octanol–water partition coefficient (Wildman–Crippen LogP) is 2.32. The second-order valence-electron chi connectivity index (χ2n) is 3.98. The third kappa shape index (κ3) is 2.81. The number of hydrogen-bond acceptors (Lipinski definition) is 4. The van der Waals surface area contributed by atoms with Crippen LogP contribution in [-0.2, 0) is 7.05 Å². The van der Waals surface area contributed by atoms with Crippen LogP contribution in [0.4, 0.5) is 5.82 Å². The lowest BCUT2D eigenvalue weighted by atomic mass is 10.2. The van der Waals surface area contributed by atoms with Crippen LogP contribution in [0.2, 0.25) is 0 Å². The normalized spacial score (nSPS) is 9.90. The van der Waals surface area contributed by atoms with E-state index in [1.807, 2.05) is 6.07 Å². The van der Waals surface area contributed by atoms with Gasteiger partial charge in [-0.25, -0.2) is 0 Å². The van der Waals surface area contributed by atoms with Gasteiger partial charge in [-0.1, -0.05) is 0 Å². The fraction of sp³-hybridized carbons (Fsp3) is 0.154. The Labute approximate surface area is 124 Å². The second kappa shape index (κ2) is 5.75. The number of nitrogens with zero attached hydrogens (tertiary/aromatic N) is 3. The molecule has 0 spiro atoms. The molecule has 0 aliphatic rings. The molecule has 1 aromatic carbocycles. The smallest absolute Gasteiger partial charge is 0.256 e. The number of aromatic nitrogens is 2. The van der Waals surface area contributed by atoms with Crippen LogP contribution in [0.1, 0.15) is 15.9 Å². The van der Waals surface area contributed by atoms with Crippen molar-refractivity contribution in [3.05, 3.63) is 40.0 Å². The number of nitriles is 1. The summed E-state index contributed by atoms with van der Waals surface area (Å²) in [6, 6.07) is 6.93.